The zero-order valence-corrected chi connectivity index (χ0v) is 13.5. The first-order chi connectivity index (χ1) is 11.1. The number of carboxylic acids is 1. The molecule has 1 aliphatic heterocycles. The molecule has 2 aliphatic rings. The number of hydrogen-bond acceptors (Lipinski definition) is 2. The van der Waals surface area contributed by atoms with E-state index in [1.807, 2.05) is 23.1 Å². The Morgan fingerprint density at radius 2 is 1.96 bits per heavy atom. The lowest BCUT2D eigenvalue weighted by molar-refractivity contribution is -0.139. The number of benzene rings is 1. The monoisotopic (exact) mass is 315 g/mol. The molecular weight excluding hydrogens is 290 g/mol. The molecule has 3 rings (SSSR count). The lowest BCUT2D eigenvalue weighted by Crippen LogP contribution is -2.44. The topological polar surface area (TPSA) is 57.6 Å². The second-order valence-electron chi connectivity index (χ2n) is 7.13. The van der Waals surface area contributed by atoms with E-state index in [9.17, 15) is 9.59 Å². The fraction of sp³-hybridized carbons (Fsp3) is 0.579. The van der Waals surface area contributed by atoms with Crippen molar-refractivity contribution >= 4 is 11.9 Å². The Balaban J connectivity index is 1.59. The van der Waals surface area contributed by atoms with E-state index in [1.54, 1.807) is 0 Å². The molecule has 1 aromatic rings. The Morgan fingerprint density at radius 3 is 2.61 bits per heavy atom. The minimum Gasteiger partial charge on any atom is -0.481 e. The molecule has 1 saturated heterocycles. The van der Waals surface area contributed by atoms with Gasteiger partial charge in [-0.3, -0.25) is 9.59 Å². The zero-order valence-electron chi connectivity index (χ0n) is 13.5. The van der Waals surface area contributed by atoms with Gasteiger partial charge in [0.25, 0.3) is 0 Å². The number of rotatable bonds is 6. The number of aliphatic carboxylic acids is 1. The average Bonchev–Trinajstić information content (AvgIpc) is 3.34. The van der Waals surface area contributed by atoms with Crippen LogP contribution in [-0.4, -0.2) is 35.0 Å². The van der Waals surface area contributed by atoms with Crippen LogP contribution in [0.25, 0.3) is 0 Å². The molecule has 23 heavy (non-hydrogen) atoms. The van der Waals surface area contributed by atoms with E-state index in [0.717, 1.165) is 45.2 Å². The van der Waals surface area contributed by atoms with Gasteiger partial charge in [-0.15, -0.1) is 0 Å². The van der Waals surface area contributed by atoms with E-state index in [-0.39, 0.29) is 11.8 Å². The normalized spacial score (nSPS) is 22.6. The van der Waals surface area contributed by atoms with Crippen LogP contribution in [0, 0.1) is 11.3 Å². The van der Waals surface area contributed by atoms with Gasteiger partial charge in [0, 0.05) is 19.5 Å². The van der Waals surface area contributed by atoms with Crippen LogP contribution in [0.4, 0.5) is 0 Å². The summed E-state index contributed by atoms with van der Waals surface area (Å²) in [6, 6.07) is 10.2. The van der Waals surface area contributed by atoms with Crippen LogP contribution >= 0.6 is 0 Å². The molecule has 4 heteroatoms. The third kappa shape index (κ3) is 3.92. The van der Waals surface area contributed by atoms with Gasteiger partial charge in [-0.1, -0.05) is 30.3 Å². The van der Waals surface area contributed by atoms with Crippen LogP contribution in [0.5, 0.6) is 0 Å². The van der Waals surface area contributed by atoms with Crippen molar-refractivity contribution in [1.29, 1.82) is 0 Å². The van der Waals surface area contributed by atoms with Crippen molar-refractivity contribution in [3.63, 3.8) is 0 Å². The average molecular weight is 315 g/mol. The summed E-state index contributed by atoms with van der Waals surface area (Å²) in [5.74, 6) is -0.103. The van der Waals surface area contributed by atoms with Gasteiger partial charge in [-0.2, -0.15) is 0 Å². The number of amides is 1. The number of carbonyl (C=O) groups is 2. The molecule has 0 spiro atoms. The molecule has 0 aromatic heterocycles. The first-order valence-corrected chi connectivity index (χ1v) is 8.64. The number of carboxylic acid groups (broad SMARTS) is 1. The number of hydrogen-bond donors (Lipinski definition) is 1. The molecule has 1 aliphatic carbocycles. The summed E-state index contributed by atoms with van der Waals surface area (Å²) in [5.41, 5.74) is 1.05. The van der Waals surface area contributed by atoms with Crippen molar-refractivity contribution in [2.75, 3.05) is 13.1 Å². The van der Waals surface area contributed by atoms with Crippen molar-refractivity contribution in [1.82, 2.24) is 4.90 Å². The van der Waals surface area contributed by atoms with Crippen molar-refractivity contribution < 1.29 is 14.7 Å². The summed E-state index contributed by atoms with van der Waals surface area (Å²) < 4.78 is 0. The van der Waals surface area contributed by atoms with Gasteiger partial charge in [0.05, 0.1) is 5.41 Å². The lowest BCUT2D eigenvalue weighted by atomic mass is 9.90. The van der Waals surface area contributed by atoms with Gasteiger partial charge in [-0.05, 0) is 50.0 Å². The zero-order chi connectivity index (χ0) is 16.3. The fourth-order valence-electron chi connectivity index (χ4n) is 3.75. The second-order valence-corrected chi connectivity index (χ2v) is 7.13. The Kier molecular flexibility index (Phi) is 4.69. The Labute approximate surface area is 137 Å². The molecular formula is C19H25NO3. The maximum Gasteiger partial charge on any atom is 0.303 e. The highest BCUT2D eigenvalue weighted by atomic mass is 16.4. The largest absolute Gasteiger partial charge is 0.481 e. The molecule has 1 heterocycles. The van der Waals surface area contributed by atoms with Gasteiger partial charge < -0.3 is 10.0 Å². The predicted molar refractivity (Wildman–Crippen MR) is 88.0 cm³/mol. The van der Waals surface area contributed by atoms with Crippen molar-refractivity contribution in [2.45, 2.75) is 44.9 Å². The van der Waals surface area contributed by atoms with E-state index in [4.69, 9.17) is 5.11 Å². The molecule has 1 aromatic carbocycles. The number of piperidine rings is 1. The van der Waals surface area contributed by atoms with Gasteiger partial charge in [0.15, 0.2) is 0 Å². The summed E-state index contributed by atoms with van der Waals surface area (Å²) >= 11 is 0. The third-order valence-corrected chi connectivity index (χ3v) is 5.27. The van der Waals surface area contributed by atoms with Crippen molar-refractivity contribution in [2.24, 2.45) is 11.3 Å². The Hall–Kier alpha value is -1.84. The van der Waals surface area contributed by atoms with Crippen LogP contribution in [0.15, 0.2) is 30.3 Å². The summed E-state index contributed by atoms with van der Waals surface area (Å²) in [6.07, 6.45) is 5.74. The standard InChI is InChI=1S/C19H25NO3/c21-17(22)9-8-16-7-4-12-20(14-16)18(23)19(10-11-19)13-15-5-2-1-3-6-15/h1-3,5-6,16H,4,7-14H2,(H,21,22)/t16-/m0/s1. The molecule has 4 nitrogen and oxygen atoms in total. The van der Waals surface area contributed by atoms with Crippen LogP contribution < -0.4 is 0 Å². The van der Waals surface area contributed by atoms with E-state index in [1.165, 1.54) is 5.56 Å². The lowest BCUT2D eigenvalue weighted by Gasteiger charge is -2.35. The molecule has 0 unspecified atom stereocenters. The molecule has 0 radical (unpaired) electrons. The van der Waals surface area contributed by atoms with Gasteiger partial charge in [-0.25, -0.2) is 0 Å². The fourth-order valence-corrected chi connectivity index (χ4v) is 3.75. The highest BCUT2D eigenvalue weighted by Crippen LogP contribution is 2.50. The summed E-state index contributed by atoms with van der Waals surface area (Å²) in [4.78, 5) is 25.7. The van der Waals surface area contributed by atoms with Crippen LogP contribution in [-0.2, 0) is 16.0 Å². The molecule has 1 N–H and O–H groups in total. The van der Waals surface area contributed by atoms with Crippen LogP contribution in [0.2, 0.25) is 0 Å². The quantitative estimate of drug-likeness (QED) is 0.877. The number of nitrogens with zero attached hydrogens (tertiary/aromatic N) is 1. The van der Waals surface area contributed by atoms with E-state index in [0.29, 0.717) is 18.2 Å². The van der Waals surface area contributed by atoms with Crippen molar-refractivity contribution in [3.8, 4) is 0 Å². The van der Waals surface area contributed by atoms with Crippen molar-refractivity contribution in [3.05, 3.63) is 35.9 Å². The number of likely N-dealkylation sites (tertiary alicyclic amines) is 1. The summed E-state index contributed by atoms with van der Waals surface area (Å²) in [5, 5.41) is 8.84. The highest BCUT2D eigenvalue weighted by molar-refractivity contribution is 5.85. The third-order valence-electron chi connectivity index (χ3n) is 5.27. The molecule has 124 valence electrons. The Bertz CT molecular complexity index is 565. The molecule has 1 amide bonds. The minimum absolute atomic E-state index is 0.184. The number of carbonyl (C=O) groups excluding carboxylic acids is 1. The molecule has 0 bridgehead atoms. The molecule has 2 fully saturated rings. The van der Waals surface area contributed by atoms with E-state index >= 15 is 0 Å². The summed E-state index contributed by atoms with van der Waals surface area (Å²) in [6.45, 7) is 1.57. The second kappa shape index (κ2) is 6.73. The SMILES string of the molecule is O=C(O)CC[C@@H]1CCCN(C(=O)C2(Cc3ccccc3)CC2)C1. The predicted octanol–water partition coefficient (Wildman–Crippen LogP) is 3.11. The highest BCUT2D eigenvalue weighted by Gasteiger charge is 2.51. The maximum absolute atomic E-state index is 13.0. The van der Waals surface area contributed by atoms with Crippen LogP contribution in [0.1, 0.15) is 44.1 Å². The van der Waals surface area contributed by atoms with E-state index < -0.39 is 5.97 Å². The van der Waals surface area contributed by atoms with Gasteiger partial charge in [0.2, 0.25) is 5.91 Å². The summed E-state index contributed by atoms with van der Waals surface area (Å²) in [7, 11) is 0. The first kappa shape index (κ1) is 16.0. The van der Waals surface area contributed by atoms with Gasteiger partial charge in [0.1, 0.15) is 0 Å². The van der Waals surface area contributed by atoms with Crippen LogP contribution in [0.3, 0.4) is 0 Å². The minimum atomic E-state index is -0.740. The Morgan fingerprint density at radius 1 is 1.22 bits per heavy atom. The smallest absolute Gasteiger partial charge is 0.303 e. The first-order valence-electron chi connectivity index (χ1n) is 8.64. The van der Waals surface area contributed by atoms with Gasteiger partial charge >= 0.3 is 5.97 Å². The molecule has 1 saturated carbocycles. The molecule has 1 atom stereocenters. The van der Waals surface area contributed by atoms with E-state index in [2.05, 4.69) is 12.1 Å². The maximum atomic E-state index is 13.0.